The lowest BCUT2D eigenvalue weighted by Gasteiger charge is -2.02. The summed E-state index contributed by atoms with van der Waals surface area (Å²) in [7, 11) is 0. The van der Waals surface area contributed by atoms with Crippen molar-refractivity contribution >= 4 is 6.03 Å². The van der Waals surface area contributed by atoms with Gasteiger partial charge in [-0.05, 0) is 12.5 Å². The molecule has 1 N–H and O–H groups in total. The van der Waals surface area contributed by atoms with E-state index in [4.69, 9.17) is 0 Å². The summed E-state index contributed by atoms with van der Waals surface area (Å²) in [5.41, 5.74) is 0. The maximum atomic E-state index is 11.2. The van der Waals surface area contributed by atoms with Crippen molar-refractivity contribution in [3.8, 4) is 0 Å². The summed E-state index contributed by atoms with van der Waals surface area (Å²) in [4.78, 5) is 11.2. The minimum atomic E-state index is -0.159. The van der Waals surface area contributed by atoms with E-state index in [1.165, 1.54) is 4.68 Å². The van der Waals surface area contributed by atoms with Crippen LogP contribution >= 0.6 is 0 Å². The number of hydrogen-bond donors (Lipinski definition) is 1. The van der Waals surface area contributed by atoms with Crippen LogP contribution in [-0.2, 0) is 0 Å². The molecule has 4 nitrogen and oxygen atoms in total. The molecule has 12 heavy (non-hydrogen) atoms. The highest BCUT2D eigenvalue weighted by molar-refractivity contribution is 5.75. The Balaban J connectivity index is 2.30. The van der Waals surface area contributed by atoms with E-state index in [9.17, 15) is 4.79 Å². The van der Waals surface area contributed by atoms with Gasteiger partial charge in [0.05, 0.1) is 0 Å². The average Bonchev–Trinajstić information content (AvgIpc) is 2.56. The fourth-order valence-electron chi connectivity index (χ4n) is 0.842. The van der Waals surface area contributed by atoms with Gasteiger partial charge in [0, 0.05) is 18.9 Å². The number of hydrogen-bond acceptors (Lipinski definition) is 2. The Morgan fingerprint density at radius 1 is 1.67 bits per heavy atom. The fraction of sp³-hybridized carbons (Fsp3) is 0.500. The topological polar surface area (TPSA) is 46.9 Å². The van der Waals surface area contributed by atoms with Gasteiger partial charge in [-0.2, -0.15) is 9.78 Å². The zero-order chi connectivity index (χ0) is 8.81. The monoisotopic (exact) mass is 167 g/mol. The normalized spacial score (nSPS) is 9.75. The number of unbranched alkanes of at least 4 members (excludes halogenated alkanes) is 1. The number of nitrogens with zero attached hydrogens (tertiary/aromatic N) is 2. The quantitative estimate of drug-likeness (QED) is 0.688. The molecule has 0 radical (unpaired) electrons. The highest BCUT2D eigenvalue weighted by Crippen LogP contribution is 1.86. The van der Waals surface area contributed by atoms with E-state index in [0.717, 1.165) is 19.4 Å². The lowest BCUT2D eigenvalue weighted by molar-refractivity contribution is 0.239. The second-order valence-corrected chi connectivity index (χ2v) is 2.54. The molecule has 4 heteroatoms. The summed E-state index contributed by atoms with van der Waals surface area (Å²) in [6.07, 6.45) is 5.30. The Bertz CT molecular complexity index is 230. The van der Waals surface area contributed by atoms with E-state index < -0.39 is 0 Å². The third-order valence-corrected chi connectivity index (χ3v) is 1.52. The van der Waals surface area contributed by atoms with Crippen LogP contribution in [0.25, 0.3) is 0 Å². The molecule has 0 unspecified atom stereocenters. The second-order valence-electron chi connectivity index (χ2n) is 2.54. The lowest BCUT2D eigenvalue weighted by atomic mass is 10.3. The summed E-state index contributed by atoms with van der Waals surface area (Å²) >= 11 is 0. The smallest absolute Gasteiger partial charge is 0.336 e. The molecule has 0 aliphatic rings. The molecule has 0 aromatic carbocycles. The van der Waals surface area contributed by atoms with E-state index in [2.05, 4.69) is 17.3 Å². The van der Waals surface area contributed by atoms with Crippen LogP contribution in [0.4, 0.5) is 4.79 Å². The third kappa shape index (κ3) is 2.38. The van der Waals surface area contributed by atoms with Crippen molar-refractivity contribution in [1.82, 2.24) is 15.1 Å². The summed E-state index contributed by atoms with van der Waals surface area (Å²) < 4.78 is 1.29. The minimum Gasteiger partial charge on any atom is -0.336 e. The molecule has 0 aliphatic carbocycles. The van der Waals surface area contributed by atoms with E-state index in [1.54, 1.807) is 18.5 Å². The molecule has 0 fully saturated rings. The van der Waals surface area contributed by atoms with Crippen LogP contribution in [-0.4, -0.2) is 22.4 Å². The SMILES string of the molecule is CCCCNC(=O)n1cccn1. The molecule has 0 aliphatic heterocycles. The van der Waals surface area contributed by atoms with Gasteiger partial charge in [0.15, 0.2) is 0 Å². The number of nitrogens with one attached hydrogen (secondary N) is 1. The Labute approximate surface area is 71.6 Å². The van der Waals surface area contributed by atoms with Gasteiger partial charge in [-0.3, -0.25) is 0 Å². The summed E-state index contributed by atoms with van der Waals surface area (Å²) in [5.74, 6) is 0. The van der Waals surface area contributed by atoms with Gasteiger partial charge < -0.3 is 5.32 Å². The molecular weight excluding hydrogens is 154 g/mol. The highest BCUT2D eigenvalue weighted by Gasteiger charge is 2.00. The van der Waals surface area contributed by atoms with E-state index >= 15 is 0 Å². The summed E-state index contributed by atoms with van der Waals surface area (Å²) in [6.45, 7) is 2.80. The Hall–Kier alpha value is -1.32. The van der Waals surface area contributed by atoms with Gasteiger partial charge >= 0.3 is 6.03 Å². The number of amides is 1. The first-order chi connectivity index (χ1) is 5.84. The number of carbonyl (C=O) groups is 1. The molecule has 1 aromatic rings. The van der Waals surface area contributed by atoms with E-state index in [1.807, 2.05) is 0 Å². The molecule has 1 heterocycles. The van der Waals surface area contributed by atoms with Crippen molar-refractivity contribution in [2.75, 3.05) is 6.54 Å². The molecule has 0 spiro atoms. The van der Waals surface area contributed by atoms with Crippen LogP contribution in [0.15, 0.2) is 18.5 Å². The molecule has 0 saturated heterocycles. The summed E-state index contributed by atoms with van der Waals surface area (Å²) in [6, 6.07) is 1.56. The first-order valence-corrected chi connectivity index (χ1v) is 4.12. The van der Waals surface area contributed by atoms with Gasteiger partial charge in [-0.1, -0.05) is 13.3 Å². The van der Waals surface area contributed by atoms with Crippen molar-refractivity contribution in [1.29, 1.82) is 0 Å². The average molecular weight is 167 g/mol. The van der Waals surface area contributed by atoms with Gasteiger partial charge in [0.1, 0.15) is 0 Å². The molecule has 1 amide bonds. The zero-order valence-corrected chi connectivity index (χ0v) is 7.16. The van der Waals surface area contributed by atoms with Crippen molar-refractivity contribution in [2.24, 2.45) is 0 Å². The Morgan fingerprint density at radius 2 is 2.50 bits per heavy atom. The van der Waals surface area contributed by atoms with Crippen LogP contribution in [0.1, 0.15) is 19.8 Å². The van der Waals surface area contributed by atoms with Crippen LogP contribution in [0.3, 0.4) is 0 Å². The van der Waals surface area contributed by atoms with Crippen LogP contribution in [0.5, 0.6) is 0 Å². The van der Waals surface area contributed by atoms with Crippen molar-refractivity contribution < 1.29 is 4.79 Å². The lowest BCUT2D eigenvalue weighted by Crippen LogP contribution is -2.29. The molecule has 0 saturated carbocycles. The van der Waals surface area contributed by atoms with Gasteiger partial charge in [0.25, 0.3) is 0 Å². The van der Waals surface area contributed by atoms with Crippen LogP contribution in [0.2, 0.25) is 0 Å². The molecule has 1 aromatic heterocycles. The first-order valence-electron chi connectivity index (χ1n) is 4.12. The first kappa shape index (κ1) is 8.77. The molecular formula is C8H13N3O. The molecule has 1 rings (SSSR count). The largest absolute Gasteiger partial charge is 0.342 e. The third-order valence-electron chi connectivity index (χ3n) is 1.52. The van der Waals surface area contributed by atoms with Crippen molar-refractivity contribution in [3.05, 3.63) is 18.5 Å². The van der Waals surface area contributed by atoms with Gasteiger partial charge in [0.2, 0.25) is 0 Å². The molecule has 0 bridgehead atoms. The number of rotatable bonds is 3. The van der Waals surface area contributed by atoms with Crippen molar-refractivity contribution in [3.63, 3.8) is 0 Å². The Morgan fingerprint density at radius 3 is 3.08 bits per heavy atom. The molecule has 0 atom stereocenters. The molecule has 66 valence electrons. The maximum Gasteiger partial charge on any atom is 0.342 e. The predicted molar refractivity (Wildman–Crippen MR) is 45.9 cm³/mol. The van der Waals surface area contributed by atoms with Crippen LogP contribution in [0, 0.1) is 0 Å². The Kier molecular flexibility index (Phi) is 3.32. The van der Waals surface area contributed by atoms with Gasteiger partial charge in [-0.15, -0.1) is 0 Å². The fourth-order valence-corrected chi connectivity index (χ4v) is 0.842. The maximum absolute atomic E-state index is 11.2. The number of aromatic nitrogens is 2. The van der Waals surface area contributed by atoms with Crippen LogP contribution < -0.4 is 5.32 Å². The minimum absolute atomic E-state index is 0.159. The van der Waals surface area contributed by atoms with Crippen molar-refractivity contribution in [2.45, 2.75) is 19.8 Å². The predicted octanol–water partition coefficient (Wildman–Crippen LogP) is 1.24. The number of carbonyl (C=O) groups excluding carboxylic acids is 1. The zero-order valence-electron chi connectivity index (χ0n) is 7.16. The second kappa shape index (κ2) is 4.54. The summed E-state index contributed by atoms with van der Waals surface area (Å²) in [5, 5.41) is 6.55. The highest BCUT2D eigenvalue weighted by atomic mass is 16.2. The standard InChI is InChI=1S/C8H13N3O/c1-2-3-5-9-8(12)11-7-4-6-10-11/h4,6-7H,2-3,5H2,1H3,(H,9,12). The van der Waals surface area contributed by atoms with E-state index in [0.29, 0.717) is 0 Å². The van der Waals surface area contributed by atoms with Gasteiger partial charge in [-0.25, -0.2) is 4.79 Å². The van der Waals surface area contributed by atoms with E-state index in [-0.39, 0.29) is 6.03 Å².